The minimum Gasteiger partial charge on any atom is -0.465 e. The molecular formula is C19H15N3O3. The smallest absolute Gasteiger partial charge is 0.339 e. The van der Waals surface area contributed by atoms with Crippen molar-refractivity contribution >= 4 is 17.6 Å². The summed E-state index contributed by atoms with van der Waals surface area (Å²) >= 11 is 0. The highest BCUT2D eigenvalue weighted by molar-refractivity contribution is 6.10. The molecule has 0 unspecified atom stereocenters. The number of ether oxygens (including phenoxy) is 1. The van der Waals surface area contributed by atoms with Gasteiger partial charge in [0.25, 0.3) is 5.91 Å². The van der Waals surface area contributed by atoms with Gasteiger partial charge in [-0.3, -0.25) is 14.8 Å². The molecule has 124 valence electrons. The van der Waals surface area contributed by atoms with Crippen molar-refractivity contribution in [1.29, 1.82) is 0 Å². The second kappa shape index (κ2) is 7.35. The van der Waals surface area contributed by atoms with Gasteiger partial charge in [-0.1, -0.05) is 18.2 Å². The highest BCUT2D eigenvalue weighted by Crippen LogP contribution is 2.22. The maximum Gasteiger partial charge on any atom is 0.339 e. The van der Waals surface area contributed by atoms with Gasteiger partial charge in [0.15, 0.2) is 0 Å². The zero-order chi connectivity index (χ0) is 17.6. The molecule has 0 radical (unpaired) electrons. The molecular weight excluding hydrogens is 318 g/mol. The fraction of sp³-hybridized carbons (Fsp3) is 0.0526. The van der Waals surface area contributed by atoms with Gasteiger partial charge in [-0.2, -0.15) is 0 Å². The normalized spacial score (nSPS) is 10.1. The fourth-order valence-corrected chi connectivity index (χ4v) is 2.37. The number of hydrogen-bond donors (Lipinski definition) is 1. The lowest BCUT2D eigenvalue weighted by Gasteiger charge is -2.11. The van der Waals surface area contributed by atoms with Gasteiger partial charge in [0.2, 0.25) is 0 Å². The maximum absolute atomic E-state index is 12.7. The third-order valence-electron chi connectivity index (χ3n) is 3.54. The number of nitrogens with zero attached hydrogens (tertiary/aromatic N) is 2. The molecule has 6 nitrogen and oxygen atoms in total. The minimum atomic E-state index is -0.521. The zero-order valence-electron chi connectivity index (χ0n) is 13.5. The number of carbonyl (C=O) groups is 2. The van der Waals surface area contributed by atoms with E-state index in [1.807, 2.05) is 6.07 Å². The lowest BCUT2D eigenvalue weighted by Crippen LogP contribution is -2.16. The highest BCUT2D eigenvalue weighted by Gasteiger charge is 2.18. The first-order valence-corrected chi connectivity index (χ1v) is 7.56. The van der Waals surface area contributed by atoms with E-state index in [1.54, 1.807) is 60.9 Å². The van der Waals surface area contributed by atoms with Crippen molar-refractivity contribution in [3.8, 4) is 11.4 Å². The Morgan fingerprint density at radius 1 is 0.880 bits per heavy atom. The Bertz CT molecular complexity index is 911. The van der Waals surface area contributed by atoms with Crippen LogP contribution < -0.4 is 5.32 Å². The summed E-state index contributed by atoms with van der Waals surface area (Å²) in [6.07, 6.45) is 3.24. The Morgan fingerprint density at radius 2 is 1.60 bits per heavy atom. The molecule has 0 aliphatic heterocycles. The van der Waals surface area contributed by atoms with Crippen LogP contribution in [0.1, 0.15) is 20.7 Å². The van der Waals surface area contributed by atoms with Crippen molar-refractivity contribution in [2.75, 3.05) is 12.4 Å². The van der Waals surface area contributed by atoms with E-state index >= 15 is 0 Å². The second-order valence-corrected chi connectivity index (χ2v) is 5.11. The molecule has 1 amide bonds. The molecule has 0 aliphatic carbocycles. The average Bonchev–Trinajstić information content (AvgIpc) is 2.68. The molecule has 0 saturated carbocycles. The number of aromatic nitrogens is 2. The molecule has 1 aromatic carbocycles. The van der Waals surface area contributed by atoms with Crippen LogP contribution in [0.15, 0.2) is 67.0 Å². The zero-order valence-corrected chi connectivity index (χ0v) is 13.5. The number of benzene rings is 1. The number of anilines is 1. The quantitative estimate of drug-likeness (QED) is 0.742. The Labute approximate surface area is 144 Å². The molecule has 6 heteroatoms. The summed E-state index contributed by atoms with van der Waals surface area (Å²) in [4.78, 5) is 33.1. The third kappa shape index (κ3) is 3.53. The summed E-state index contributed by atoms with van der Waals surface area (Å²) in [5.41, 5.74) is 2.07. The molecule has 2 heterocycles. The lowest BCUT2D eigenvalue weighted by molar-refractivity contribution is 0.0602. The van der Waals surface area contributed by atoms with E-state index in [-0.39, 0.29) is 11.5 Å². The van der Waals surface area contributed by atoms with Crippen LogP contribution in [0.5, 0.6) is 0 Å². The lowest BCUT2D eigenvalue weighted by atomic mass is 10.1. The number of rotatable bonds is 4. The summed E-state index contributed by atoms with van der Waals surface area (Å²) in [5, 5.41) is 2.74. The van der Waals surface area contributed by atoms with Crippen LogP contribution >= 0.6 is 0 Å². The van der Waals surface area contributed by atoms with Crippen LogP contribution in [0.4, 0.5) is 5.69 Å². The van der Waals surface area contributed by atoms with Crippen molar-refractivity contribution in [2.24, 2.45) is 0 Å². The molecule has 0 atom stereocenters. The van der Waals surface area contributed by atoms with E-state index in [1.165, 1.54) is 7.11 Å². The van der Waals surface area contributed by atoms with Crippen LogP contribution in [-0.2, 0) is 4.74 Å². The molecule has 1 N–H and O–H groups in total. The Kier molecular flexibility index (Phi) is 4.80. The Hall–Kier alpha value is -3.54. The Morgan fingerprint density at radius 3 is 2.36 bits per heavy atom. The molecule has 3 rings (SSSR count). The van der Waals surface area contributed by atoms with Crippen molar-refractivity contribution in [1.82, 2.24) is 9.97 Å². The summed E-state index contributed by atoms with van der Waals surface area (Å²) in [6.45, 7) is 0. The van der Waals surface area contributed by atoms with Gasteiger partial charge in [-0.15, -0.1) is 0 Å². The molecule has 0 aliphatic rings. The van der Waals surface area contributed by atoms with Crippen LogP contribution in [0.3, 0.4) is 0 Å². The topological polar surface area (TPSA) is 81.2 Å². The molecule has 3 aromatic rings. The van der Waals surface area contributed by atoms with Crippen LogP contribution in [0, 0.1) is 0 Å². The van der Waals surface area contributed by atoms with Crippen molar-refractivity contribution in [2.45, 2.75) is 0 Å². The summed E-state index contributed by atoms with van der Waals surface area (Å²) < 4.78 is 4.74. The predicted molar refractivity (Wildman–Crippen MR) is 93.2 cm³/mol. The summed E-state index contributed by atoms with van der Waals surface area (Å²) in [5.74, 6) is -0.905. The van der Waals surface area contributed by atoms with Crippen molar-refractivity contribution in [3.63, 3.8) is 0 Å². The van der Waals surface area contributed by atoms with Crippen molar-refractivity contribution in [3.05, 3.63) is 78.1 Å². The minimum absolute atomic E-state index is 0.279. The largest absolute Gasteiger partial charge is 0.465 e. The highest BCUT2D eigenvalue weighted by atomic mass is 16.5. The van der Waals surface area contributed by atoms with Gasteiger partial charge in [0, 0.05) is 12.4 Å². The fourth-order valence-electron chi connectivity index (χ4n) is 2.37. The molecule has 0 bridgehead atoms. The number of pyridine rings is 2. The number of nitrogens with one attached hydrogen (secondary N) is 1. The van der Waals surface area contributed by atoms with Gasteiger partial charge in [-0.05, 0) is 36.4 Å². The maximum atomic E-state index is 12.7. The predicted octanol–water partition coefficient (Wildman–Crippen LogP) is 3.18. The first-order chi connectivity index (χ1) is 12.2. The van der Waals surface area contributed by atoms with E-state index in [4.69, 9.17) is 4.74 Å². The van der Waals surface area contributed by atoms with Crippen LogP contribution in [0.2, 0.25) is 0 Å². The molecule has 0 saturated heterocycles. The number of hydrogen-bond acceptors (Lipinski definition) is 5. The van der Waals surface area contributed by atoms with Gasteiger partial charge >= 0.3 is 5.97 Å². The van der Waals surface area contributed by atoms with Gasteiger partial charge < -0.3 is 10.1 Å². The number of para-hydroxylation sites is 1. The second-order valence-electron chi connectivity index (χ2n) is 5.11. The molecule has 25 heavy (non-hydrogen) atoms. The van der Waals surface area contributed by atoms with Crippen LogP contribution in [0.25, 0.3) is 11.4 Å². The molecule has 0 fully saturated rings. The molecule has 2 aromatic heterocycles. The van der Waals surface area contributed by atoms with Crippen molar-refractivity contribution < 1.29 is 14.3 Å². The SMILES string of the molecule is COC(=O)c1ccccc1NC(=O)c1cccnc1-c1ccccn1. The van der Waals surface area contributed by atoms with E-state index in [0.29, 0.717) is 22.6 Å². The van der Waals surface area contributed by atoms with Gasteiger partial charge in [0.1, 0.15) is 5.69 Å². The standard InChI is InChI=1S/C19H15N3O3/c1-25-19(24)13-7-2-3-9-15(13)22-18(23)14-8-6-12-21-17(14)16-10-4-5-11-20-16/h2-12H,1H3,(H,22,23). The monoisotopic (exact) mass is 333 g/mol. The van der Waals surface area contributed by atoms with Crippen LogP contribution in [-0.4, -0.2) is 29.0 Å². The first-order valence-electron chi connectivity index (χ1n) is 7.56. The third-order valence-corrected chi connectivity index (χ3v) is 3.54. The molecule has 0 spiro atoms. The number of amides is 1. The summed E-state index contributed by atoms with van der Waals surface area (Å²) in [6, 6.07) is 15.4. The average molecular weight is 333 g/mol. The van der Waals surface area contributed by atoms with Gasteiger partial charge in [-0.25, -0.2) is 4.79 Å². The van der Waals surface area contributed by atoms with Gasteiger partial charge in [0.05, 0.1) is 29.6 Å². The van der Waals surface area contributed by atoms with E-state index < -0.39 is 5.97 Å². The van der Waals surface area contributed by atoms with E-state index in [9.17, 15) is 9.59 Å². The van der Waals surface area contributed by atoms with E-state index in [2.05, 4.69) is 15.3 Å². The Balaban J connectivity index is 1.95. The number of carbonyl (C=O) groups excluding carboxylic acids is 2. The number of methoxy groups -OCH3 is 1. The van der Waals surface area contributed by atoms with E-state index in [0.717, 1.165) is 0 Å². The number of esters is 1. The summed E-state index contributed by atoms with van der Waals surface area (Å²) in [7, 11) is 1.29. The first kappa shape index (κ1) is 16.3.